The van der Waals surface area contributed by atoms with Crippen LogP contribution in [-0.2, 0) is 6.42 Å². The molecule has 1 saturated carbocycles. The van der Waals surface area contributed by atoms with Crippen LogP contribution in [0.25, 0.3) is 10.9 Å². The van der Waals surface area contributed by atoms with Crippen LogP contribution in [0.5, 0.6) is 0 Å². The highest BCUT2D eigenvalue weighted by Gasteiger charge is 2.31. The van der Waals surface area contributed by atoms with Crippen molar-refractivity contribution in [2.45, 2.75) is 52.1 Å². The van der Waals surface area contributed by atoms with Crippen molar-refractivity contribution >= 4 is 10.9 Å². The molecule has 1 heterocycles. The Hall–Kier alpha value is -1.28. The first kappa shape index (κ1) is 12.7. The van der Waals surface area contributed by atoms with Gasteiger partial charge in [0.2, 0.25) is 0 Å². The van der Waals surface area contributed by atoms with Crippen LogP contribution >= 0.6 is 0 Å². The number of aromatic amines is 1. The summed E-state index contributed by atoms with van der Waals surface area (Å²) in [7, 11) is 0. The van der Waals surface area contributed by atoms with Crippen molar-refractivity contribution in [2.24, 2.45) is 5.41 Å². The molecular weight excluding hydrogens is 232 g/mol. The molecule has 0 bridgehead atoms. The Morgan fingerprint density at radius 1 is 1.26 bits per heavy atom. The summed E-state index contributed by atoms with van der Waals surface area (Å²) in [5.41, 5.74) is 2.97. The summed E-state index contributed by atoms with van der Waals surface area (Å²) in [6.45, 7) is 7.01. The maximum atomic E-state index is 3.82. The number of benzene rings is 1. The number of para-hydroxylation sites is 1. The van der Waals surface area contributed by atoms with Crippen LogP contribution in [0.15, 0.2) is 30.5 Å². The first-order chi connectivity index (χ1) is 9.04. The minimum absolute atomic E-state index is 0.293. The van der Waals surface area contributed by atoms with Crippen molar-refractivity contribution < 1.29 is 0 Å². The number of nitrogens with one attached hydrogen (secondary N) is 2. The lowest BCUT2D eigenvalue weighted by Gasteiger charge is -2.32. The molecule has 2 N–H and O–H groups in total. The molecule has 0 unspecified atom stereocenters. The van der Waals surface area contributed by atoms with Crippen LogP contribution in [0.1, 0.15) is 39.2 Å². The predicted molar refractivity (Wildman–Crippen MR) is 81.4 cm³/mol. The van der Waals surface area contributed by atoms with Crippen LogP contribution in [0.4, 0.5) is 0 Å². The molecule has 2 nitrogen and oxygen atoms in total. The molecule has 0 saturated heterocycles. The van der Waals surface area contributed by atoms with E-state index in [4.69, 9.17) is 0 Å². The fraction of sp³-hybridized carbons (Fsp3) is 0.529. The Morgan fingerprint density at radius 2 is 2.00 bits per heavy atom. The molecule has 2 heteroatoms. The van der Waals surface area contributed by atoms with E-state index in [1.807, 2.05) is 0 Å². The van der Waals surface area contributed by atoms with Gasteiger partial charge in [-0.05, 0) is 36.3 Å². The molecule has 3 rings (SSSR count). The second-order valence-corrected chi connectivity index (χ2v) is 6.92. The third-order valence-corrected chi connectivity index (χ3v) is 4.16. The zero-order valence-corrected chi connectivity index (χ0v) is 12.2. The number of hydrogen-bond acceptors (Lipinski definition) is 1. The quantitative estimate of drug-likeness (QED) is 0.853. The summed E-state index contributed by atoms with van der Waals surface area (Å²) in [5.74, 6) is 0. The van der Waals surface area contributed by atoms with Crippen molar-refractivity contribution in [3.63, 3.8) is 0 Å². The zero-order valence-electron chi connectivity index (χ0n) is 12.2. The SMILES string of the molecule is CC(C)(C)[C@H](Cc1c[nH]c2ccccc12)NC1CC1. The minimum Gasteiger partial charge on any atom is -0.361 e. The fourth-order valence-corrected chi connectivity index (χ4v) is 2.67. The maximum Gasteiger partial charge on any atom is 0.0456 e. The Labute approximate surface area is 115 Å². The van der Waals surface area contributed by atoms with Gasteiger partial charge in [0.1, 0.15) is 0 Å². The van der Waals surface area contributed by atoms with Gasteiger partial charge in [-0.2, -0.15) is 0 Å². The van der Waals surface area contributed by atoms with Gasteiger partial charge in [0, 0.05) is 29.2 Å². The van der Waals surface area contributed by atoms with Crippen molar-refractivity contribution in [3.05, 3.63) is 36.0 Å². The molecule has 0 radical (unpaired) electrons. The fourth-order valence-electron chi connectivity index (χ4n) is 2.67. The smallest absolute Gasteiger partial charge is 0.0456 e. The van der Waals surface area contributed by atoms with Crippen molar-refractivity contribution in [3.8, 4) is 0 Å². The van der Waals surface area contributed by atoms with Crippen LogP contribution in [0.3, 0.4) is 0 Å². The number of fused-ring (bicyclic) bond motifs is 1. The van der Waals surface area contributed by atoms with E-state index in [-0.39, 0.29) is 0 Å². The average Bonchev–Trinajstić information content (AvgIpc) is 3.08. The highest BCUT2D eigenvalue weighted by molar-refractivity contribution is 5.83. The summed E-state index contributed by atoms with van der Waals surface area (Å²) in [4.78, 5) is 3.39. The van der Waals surface area contributed by atoms with E-state index in [0.717, 1.165) is 12.5 Å². The predicted octanol–water partition coefficient (Wildman–Crippen LogP) is 3.88. The Kier molecular flexibility index (Phi) is 3.14. The molecule has 1 aromatic carbocycles. The topological polar surface area (TPSA) is 27.8 Å². The molecular formula is C17H24N2. The lowest BCUT2D eigenvalue weighted by Crippen LogP contribution is -2.43. The molecule has 0 spiro atoms. The Morgan fingerprint density at radius 3 is 2.68 bits per heavy atom. The molecule has 0 amide bonds. The van der Waals surface area contributed by atoms with E-state index in [1.54, 1.807) is 0 Å². The van der Waals surface area contributed by atoms with Gasteiger partial charge in [0.25, 0.3) is 0 Å². The largest absolute Gasteiger partial charge is 0.361 e. The highest BCUT2D eigenvalue weighted by Crippen LogP contribution is 2.29. The van der Waals surface area contributed by atoms with Gasteiger partial charge >= 0.3 is 0 Å². The van der Waals surface area contributed by atoms with Crippen LogP contribution in [-0.4, -0.2) is 17.1 Å². The normalized spacial score (nSPS) is 17.8. The molecule has 1 fully saturated rings. The molecule has 2 aromatic rings. The first-order valence-electron chi connectivity index (χ1n) is 7.35. The van der Waals surface area contributed by atoms with E-state index < -0.39 is 0 Å². The van der Waals surface area contributed by atoms with Crippen LogP contribution in [0.2, 0.25) is 0 Å². The van der Waals surface area contributed by atoms with Gasteiger partial charge in [0.15, 0.2) is 0 Å². The van der Waals surface area contributed by atoms with Crippen molar-refractivity contribution in [2.75, 3.05) is 0 Å². The van der Waals surface area contributed by atoms with Gasteiger partial charge in [-0.3, -0.25) is 0 Å². The highest BCUT2D eigenvalue weighted by atomic mass is 15.0. The number of hydrogen-bond donors (Lipinski definition) is 2. The third kappa shape index (κ3) is 2.84. The lowest BCUT2D eigenvalue weighted by molar-refractivity contribution is 0.264. The van der Waals surface area contributed by atoms with Crippen molar-refractivity contribution in [1.82, 2.24) is 10.3 Å². The molecule has 19 heavy (non-hydrogen) atoms. The second-order valence-electron chi connectivity index (χ2n) is 6.92. The summed E-state index contributed by atoms with van der Waals surface area (Å²) in [5, 5.41) is 5.19. The van der Waals surface area contributed by atoms with E-state index in [0.29, 0.717) is 11.5 Å². The van der Waals surface area contributed by atoms with E-state index in [1.165, 1.54) is 29.3 Å². The second kappa shape index (κ2) is 4.68. The first-order valence-corrected chi connectivity index (χ1v) is 7.35. The number of H-pyrrole nitrogens is 1. The zero-order chi connectivity index (χ0) is 13.5. The monoisotopic (exact) mass is 256 g/mol. The Balaban J connectivity index is 1.84. The molecule has 102 valence electrons. The molecule has 0 aliphatic heterocycles. The van der Waals surface area contributed by atoms with Crippen molar-refractivity contribution in [1.29, 1.82) is 0 Å². The standard InChI is InChI=1S/C17H24N2/c1-17(2,3)16(19-13-8-9-13)10-12-11-18-15-7-5-4-6-14(12)15/h4-7,11,13,16,18-19H,8-10H2,1-3H3/t16-/m0/s1. The van der Waals surface area contributed by atoms with Crippen LogP contribution in [0, 0.1) is 5.41 Å². The number of aromatic nitrogens is 1. The maximum absolute atomic E-state index is 3.82. The summed E-state index contributed by atoms with van der Waals surface area (Å²) in [6.07, 6.45) is 5.98. The third-order valence-electron chi connectivity index (χ3n) is 4.16. The van der Waals surface area contributed by atoms with Gasteiger partial charge < -0.3 is 10.3 Å². The Bertz CT molecular complexity index is 558. The molecule has 1 aromatic heterocycles. The van der Waals surface area contributed by atoms with Crippen LogP contribution < -0.4 is 5.32 Å². The van der Waals surface area contributed by atoms with Gasteiger partial charge in [-0.15, -0.1) is 0 Å². The summed E-state index contributed by atoms with van der Waals surface area (Å²) in [6, 6.07) is 9.89. The lowest BCUT2D eigenvalue weighted by atomic mass is 9.83. The molecule has 1 aliphatic rings. The summed E-state index contributed by atoms with van der Waals surface area (Å²) >= 11 is 0. The van der Waals surface area contributed by atoms with Gasteiger partial charge in [-0.1, -0.05) is 39.0 Å². The minimum atomic E-state index is 0.293. The van der Waals surface area contributed by atoms with E-state index in [2.05, 4.69) is 61.5 Å². The van der Waals surface area contributed by atoms with Gasteiger partial charge in [0.05, 0.1) is 0 Å². The van der Waals surface area contributed by atoms with E-state index >= 15 is 0 Å². The van der Waals surface area contributed by atoms with Gasteiger partial charge in [-0.25, -0.2) is 0 Å². The molecule has 1 aliphatic carbocycles. The summed E-state index contributed by atoms with van der Waals surface area (Å²) < 4.78 is 0. The molecule has 1 atom stereocenters. The van der Waals surface area contributed by atoms with E-state index in [9.17, 15) is 0 Å². The number of rotatable bonds is 4. The average molecular weight is 256 g/mol.